The van der Waals surface area contributed by atoms with Gasteiger partial charge >= 0.3 is 0 Å². The number of fused-ring (bicyclic) bond motifs is 4. The molecule has 1 amide bonds. The van der Waals surface area contributed by atoms with E-state index in [2.05, 4.69) is 21.8 Å². The number of methoxy groups -OCH3 is 1. The number of anilines is 1. The number of carbonyl (C=O) groups is 1. The van der Waals surface area contributed by atoms with E-state index in [4.69, 9.17) is 25.8 Å². The predicted molar refractivity (Wildman–Crippen MR) is 168 cm³/mol. The Morgan fingerprint density at radius 2 is 2.00 bits per heavy atom. The van der Waals surface area contributed by atoms with E-state index in [1.165, 1.54) is 11.1 Å². The number of nitrogens with one attached hydrogen (secondary N) is 1. The second-order valence-electron chi connectivity index (χ2n) is 12.7. The lowest BCUT2D eigenvalue weighted by Gasteiger charge is -2.41. The minimum absolute atomic E-state index is 0.155. The Labute approximate surface area is 259 Å². The van der Waals surface area contributed by atoms with Crippen molar-refractivity contribution < 1.29 is 27.4 Å². The van der Waals surface area contributed by atoms with Gasteiger partial charge in [0.2, 0.25) is 10.0 Å². The summed E-state index contributed by atoms with van der Waals surface area (Å²) >= 11 is 6.41. The van der Waals surface area contributed by atoms with Crippen molar-refractivity contribution in [3.8, 4) is 5.75 Å². The van der Waals surface area contributed by atoms with Crippen LogP contribution in [0.4, 0.5) is 5.69 Å². The maximum absolute atomic E-state index is 13.4. The number of carbonyl (C=O) groups excluding carboxylic acids is 1. The van der Waals surface area contributed by atoms with E-state index >= 15 is 0 Å². The molecule has 3 aliphatic heterocycles. The highest BCUT2D eigenvalue weighted by Crippen LogP contribution is 2.45. The summed E-state index contributed by atoms with van der Waals surface area (Å²) in [4.78, 5) is 15.7. The Morgan fingerprint density at radius 3 is 2.81 bits per heavy atom. The molecule has 1 saturated heterocycles. The van der Waals surface area contributed by atoms with Gasteiger partial charge in [-0.3, -0.25) is 4.79 Å². The van der Waals surface area contributed by atoms with Gasteiger partial charge in [-0.15, -0.1) is 0 Å². The SMILES string of the molecule is CO[C@H]1/C=C/C[C@H](C)[C@@H](C)S(=O)(=O)NC(=O)c2ccc3c(c2)N(C[C@@H]2CCO[C@H]21)C[C@@]1(CCCc2cc(Cl)ccc21)CO3. The molecule has 0 saturated carbocycles. The van der Waals surface area contributed by atoms with Crippen molar-refractivity contribution in [2.24, 2.45) is 11.8 Å². The van der Waals surface area contributed by atoms with Gasteiger partial charge in [-0.05, 0) is 86.4 Å². The Bertz CT molecular complexity index is 1510. The summed E-state index contributed by atoms with van der Waals surface area (Å²) in [6, 6.07) is 11.4. The van der Waals surface area contributed by atoms with E-state index < -0.39 is 21.2 Å². The second-order valence-corrected chi connectivity index (χ2v) is 15.2. The molecule has 0 unspecified atom stereocenters. The number of nitrogens with zero attached hydrogens (tertiary/aromatic N) is 1. The standard InChI is InChI=1S/C33H41ClN2O6S/c1-21-6-4-8-30(40-3)31-25(13-15-41-31)18-36-19-33(14-5-7-23-16-26(34)10-11-27(23)33)20-42-29-12-9-24(17-28(29)36)32(37)35-43(38,39)22(21)2/h4,8-12,16-17,21-22,25,30-31H,5-7,13-15,18-20H2,1-3H3,(H,35,37)/b8-4+/t21-,22+,25-,30-,31+,33-/m0/s1. The lowest BCUT2D eigenvalue weighted by atomic mass is 9.70. The average molecular weight is 629 g/mol. The molecule has 2 aromatic carbocycles. The van der Waals surface area contributed by atoms with Crippen molar-refractivity contribution in [2.75, 3.05) is 38.3 Å². The third-order valence-corrected chi connectivity index (χ3v) is 12.1. The van der Waals surface area contributed by atoms with Crippen LogP contribution in [0.1, 0.15) is 61.0 Å². The number of halogens is 1. The van der Waals surface area contributed by atoms with E-state index in [0.717, 1.165) is 36.4 Å². The zero-order valence-corrected chi connectivity index (χ0v) is 26.6. The van der Waals surface area contributed by atoms with Crippen molar-refractivity contribution in [1.82, 2.24) is 4.72 Å². The molecule has 0 radical (unpaired) electrons. The van der Waals surface area contributed by atoms with Crippen molar-refractivity contribution >= 4 is 33.2 Å². The molecule has 43 heavy (non-hydrogen) atoms. The monoisotopic (exact) mass is 628 g/mol. The first-order valence-electron chi connectivity index (χ1n) is 15.3. The normalized spacial score (nSPS) is 33.1. The fourth-order valence-corrected chi connectivity index (χ4v) is 8.76. The van der Waals surface area contributed by atoms with Crippen molar-refractivity contribution in [3.63, 3.8) is 0 Å². The maximum Gasteiger partial charge on any atom is 0.264 e. The van der Waals surface area contributed by atoms with Gasteiger partial charge in [0.25, 0.3) is 5.91 Å². The number of hydrogen-bond acceptors (Lipinski definition) is 7. The van der Waals surface area contributed by atoms with E-state index in [0.29, 0.717) is 38.5 Å². The van der Waals surface area contributed by atoms with Crippen molar-refractivity contribution in [2.45, 2.75) is 68.8 Å². The van der Waals surface area contributed by atoms with Crippen LogP contribution >= 0.6 is 11.6 Å². The van der Waals surface area contributed by atoms with E-state index in [1.54, 1.807) is 32.2 Å². The molecule has 1 N–H and O–H groups in total. The van der Waals surface area contributed by atoms with E-state index in [-0.39, 0.29) is 35.0 Å². The van der Waals surface area contributed by atoms with Crippen LogP contribution in [-0.4, -0.2) is 65.2 Å². The summed E-state index contributed by atoms with van der Waals surface area (Å²) in [5, 5.41) is -0.0385. The van der Waals surface area contributed by atoms with E-state index in [1.807, 2.05) is 25.1 Å². The Hall–Kier alpha value is -2.59. The fourth-order valence-electron chi connectivity index (χ4n) is 7.28. The van der Waals surface area contributed by atoms with Crippen LogP contribution in [0.25, 0.3) is 0 Å². The maximum atomic E-state index is 13.4. The molecule has 232 valence electrons. The van der Waals surface area contributed by atoms with Crippen LogP contribution < -0.4 is 14.4 Å². The Kier molecular flexibility index (Phi) is 8.54. The predicted octanol–water partition coefficient (Wildman–Crippen LogP) is 5.28. The smallest absolute Gasteiger partial charge is 0.264 e. The van der Waals surface area contributed by atoms with Crippen molar-refractivity contribution in [1.29, 1.82) is 0 Å². The number of rotatable bonds is 1. The summed E-state index contributed by atoms with van der Waals surface area (Å²) in [6.07, 6.45) is 7.94. The molecular formula is C33H41ClN2O6S. The molecular weight excluding hydrogens is 588 g/mol. The lowest BCUT2D eigenvalue weighted by molar-refractivity contribution is -0.0173. The number of benzene rings is 2. The van der Waals surface area contributed by atoms with Crippen molar-refractivity contribution in [3.05, 3.63) is 70.3 Å². The first-order chi connectivity index (χ1) is 20.6. The first-order valence-corrected chi connectivity index (χ1v) is 17.2. The van der Waals surface area contributed by atoms with Gasteiger partial charge in [-0.2, -0.15) is 0 Å². The van der Waals surface area contributed by atoms with Gasteiger partial charge in [0.05, 0.1) is 23.6 Å². The first kappa shape index (κ1) is 30.4. The van der Waals surface area contributed by atoms with Crippen LogP contribution in [0.15, 0.2) is 48.6 Å². The minimum Gasteiger partial charge on any atom is -0.490 e. The molecule has 8 nitrogen and oxygen atoms in total. The highest BCUT2D eigenvalue weighted by molar-refractivity contribution is 7.90. The van der Waals surface area contributed by atoms with E-state index in [9.17, 15) is 13.2 Å². The quantitative estimate of drug-likeness (QED) is 0.430. The summed E-state index contributed by atoms with van der Waals surface area (Å²) in [5.41, 5.74) is 3.30. The summed E-state index contributed by atoms with van der Waals surface area (Å²) in [6.45, 7) is 6.01. The number of aryl methyl sites for hydroxylation is 1. The van der Waals surface area contributed by atoms with Gasteiger partial charge in [0.15, 0.2) is 0 Å². The number of hydrogen-bond donors (Lipinski definition) is 1. The summed E-state index contributed by atoms with van der Waals surface area (Å²) < 4.78 is 47.6. The molecule has 1 spiro atoms. The summed E-state index contributed by atoms with van der Waals surface area (Å²) in [5.74, 6) is 0.00216. The third kappa shape index (κ3) is 5.93. The second kappa shape index (κ2) is 12.1. The Balaban J connectivity index is 1.45. The molecule has 6 atom stereocenters. The minimum atomic E-state index is -3.92. The van der Waals surface area contributed by atoms with Crippen LogP contribution in [-0.2, 0) is 31.3 Å². The van der Waals surface area contributed by atoms with Gasteiger partial charge < -0.3 is 19.1 Å². The lowest BCUT2D eigenvalue weighted by Crippen LogP contribution is -2.48. The molecule has 2 bridgehead atoms. The molecule has 0 aromatic heterocycles. The topological polar surface area (TPSA) is 94.2 Å². The fraction of sp³-hybridized carbons (Fsp3) is 0.545. The van der Waals surface area contributed by atoms with Crippen LogP contribution in [0.2, 0.25) is 5.02 Å². The number of amides is 1. The highest BCUT2D eigenvalue weighted by Gasteiger charge is 2.44. The van der Waals surface area contributed by atoms with Gasteiger partial charge in [-0.25, -0.2) is 13.1 Å². The molecule has 3 heterocycles. The van der Waals surface area contributed by atoms with Gasteiger partial charge in [0, 0.05) is 48.7 Å². The third-order valence-electron chi connectivity index (χ3n) is 9.97. The number of sulfonamides is 1. The Morgan fingerprint density at radius 1 is 1.16 bits per heavy atom. The molecule has 1 aliphatic carbocycles. The van der Waals surface area contributed by atoms with Crippen LogP contribution in [0.5, 0.6) is 5.75 Å². The van der Waals surface area contributed by atoms with Gasteiger partial charge in [-0.1, -0.05) is 36.7 Å². The molecule has 6 rings (SSSR count). The zero-order chi connectivity index (χ0) is 30.4. The zero-order valence-electron chi connectivity index (χ0n) is 25.1. The van der Waals surface area contributed by atoms with Crippen LogP contribution in [0.3, 0.4) is 0 Å². The largest absolute Gasteiger partial charge is 0.490 e. The molecule has 10 heteroatoms. The average Bonchev–Trinajstić information content (AvgIpc) is 3.38. The highest BCUT2D eigenvalue weighted by atomic mass is 35.5. The van der Waals surface area contributed by atoms with Crippen LogP contribution in [0, 0.1) is 11.8 Å². The number of ether oxygens (including phenoxy) is 3. The van der Waals surface area contributed by atoms with Gasteiger partial charge in [0.1, 0.15) is 11.9 Å². The number of allylic oxidation sites excluding steroid dienone is 1. The molecule has 1 fully saturated rings. The molecule has 2 aromatic rings. The molecule has 4 aliphatic rings. The summed E-state index contributed by atoms with van der Waals surface area (Å²) in [7, 11) is -2.22.